The van der Waals surface area contributed by atoms with Gasteiger partial charge in [-0.3, -0.25) is 4.68 Å². The van der Waals surface area contributed by atoms with Crippen LogP contribution in [0, 0.1) is 5.92 Å². The zero-order chi connectivity index (χ0) is 9.26. The van der Waals surface area contributed by atoms with Crippen molar-refractivity contribution in [2.75, 3.05) is 13.1 Å². The minimum absolute atomic E-state index is 0.587. The predicted molar refractivity (Wildman–Crippen MR) is 50.4 cm³/mol. The van der Waals surface area contributed by atoms with Crippen LogP contribution in [-0.2, 0) is 7.05 Å². The maximum absolute atomic E-state index is 3.96. The van der Waals surface area contributed by atoms with Gasteiger partial charge in [0.15, 0.2) is 0 Å². The second-order valence-corrected chi connectivity index (χ2v) is 3.98. The summed E-state index contributed by atoms with van der Waals surface area (Å²) in [6.45, 7) is 4.48. The van der Waals surface area contributed by atoms with Crippen molar-refractivity contribution in [1.82, 2.24) is 20.3 Å². The average molecular weight is 180 g/mol. The number of piperidine rings is 1. The molecule has 1 aromatic rings. The second kappa shape index (κ2) is 3.46. The highest BCUT2D eigenvalue weighted by Gasteiger charge is 2.22. The van der Waals surface area contributed by atoms with E-state index in [0.29, 0.717) is 5.92 Å². The van der Waals surface area contributed by atoms with E-state index < -0.39 is 0 Å². The van der Waals surface area contributed by atoms with Gasteiger partial charge in [-0.2, -0.15) is 0 Å². The molecule has 1 aromatic heterocycles. The van der Waals surface area contributed by atoms with Gasteiger partial charge in [-0.1, -0.05) is 12.1 Å². The van der Waals surface area contributed by atoms with Crippen LogP contribution in [0.3, 0.4) is 0 Å². The van der Waals surface area contributed by atoms with Gasteiger partial charge in [0.25, 0.3) is 0 Å². The van der Waals surface area contributed by atoms with Gasteiger partial charge in [0.2, 0.25) is 0 Å². The van der Waals surface area contributed by atoms with Gasteiger partial charge in [-0.05, 0) is 18.9 Å². The summed E-state index contributed by atoms with van der Waals surface area (Å²) in [4.78, 5) is 0. The molecule has 1 aliphatic rings. The number of hydrogen-bond acceptors (Lipinski definition) is 3. The third kappa shape index (κ3) is 1.72. The molecule has 1 aliphatic heterocycles. The second-order valence-electron chi connectivity index (χ2n) is 3.98. The smallest absolute Gasteiger partial charge is 0.0728 e. The first-order valence-electron chi connectivity index (χ1n) is 4.82. The maximum Gasteiger partial charge on any atom is 0.0728 e. The minimum atomic E-state index is 0.587. The minimum Gasteiger partial charge on any atom is -0.316 e. The molecule has 2 rings (SSSR count). The molecular formula is C9H16N4. The van der Waals surface area contributed by atoms with Gasteiger partial charge in [0, 0.05) is 19.5 Å². The Labute approximate surface area is 78.3 Å². The summed E-state index contributed by atoms with van der Waals surface area (Å²) in [7, 11) is 1.96. The highest BCUT2D eigenvalue weighted by molar-refractivity contribution is 5.05. The molecule has 0 amide bonds. The molecule has 0 spiro atoms. The van der Waals surface area contributed by atoms with E-state index in [9.17, 15) is 0 Å². The van der Waals surface area contributed by atoms with Crippen LogP contribution in [0.2, 0.25) is 0 Å². The molecule has 1 saturated heterocycles. The Balaban J connectivity index is 2.12. The molecule has 0 saturated carbocycles. The lowest BCUT2D eigenvalue weighted by Crippen LogP contribution is -2.34. The molecule has 2 heterocycles. The molecule has 2 atom stereocenters. The molecule has 0 bridgehead atoms. The van der Waals surface area contributed by atoms with Crippen molar-refractivity contribution in [3.63, 3.8) is 0 Å². The molecule has 72 valence electrons. The monoisotopic (exact) mass is 180 g/mol. The van der Waals surface area contributed by atoms with Crippen LogP contribution in [0.5, 0.6) is 0 Å². The van der Waals surface area contributed by atoms with Crippen LogP contribution in [0.25, 0.3) is 0 Å². The van der Waals surface area contributed by atoms with Crippen LogP contribution in [0.15, 0.2) is 6.20 Å². The molecule has 0 aliphatic carbocycles. The Morgan fingerprint density at radius 2 is 2.38 bits per heavy atom. The Morgan fingerprint density at radius 3 is 3.00 bits per heavy atom. The summed E-state index contributed by atoms with van der Waals surface area (Å²) < 4.78 is 1.88. The van der Waals surface area contributed by atoms with E-state index in [1.54, 1.807) is 0 Å². The molecule has 4 heteroatoms. The van der Waals surface area contributed by atoms with Crippen molar-refractivity contribution in [1.29, 1.82) is 0 Å². The molecule has 0 aromatic carbocycles. The van der Waals surface area contributed by atoms with E-state index in [4.69, 9.17) is 0 Å². The fourth-order valence-electron chi connectivity index (χ4n) is 2.05. The Kier molecular flexibility index (Phi) is 2.31. The fourth-order valence-corrected chi connectivity index (χ4v) is 2.05. The van der Waals surface area contributed by atoms with Crippen LogP contribution in [0.1, 0.15) is 25.0 Å². The number of nitrogens with one attached hydrogen (secondary N) is 1. The lowest BCUT2D eigenvalue weighted by atomic mass is 9.90. The lowest BCUT2D eigenvalue weighted by Gasteiger charge is -2.27. The number of aryl methyl sites for hydroxylation is 1. The predicted octanol–water partition coefficient (Wildman–Crippen LogP) is 0.528. The quantitative estimate of drug-likeness (QED) is 0.685. The van der Waals surface area contributed by atoms with Crippen molar-refractivity contribution in [3.05, 3.63) is 11.9 Å². The lowest BCUT2D eigenvalue weighted by molar-refractivity contribution is 0.353. The van der Waals surface area contributed by atoms with Crippen molar-refractivity contribution < 1.29 is 0 Å². The molecule has 13 heavy (non-hydrogen) atoms. The third-order valence-corrected chi connectivity index (χ3v) is 2.74. The summed E-state index contributed by atoms with van der Waals surface area (Å²) in [6.07, 6.45) is 3.12. The standard InChI is InChI=1S/C9H16N4/c1-7-3-8(5-10-4-7)9-6-11-12-13(9)2/h6-8,10H,3-5H2,1-2H3. The zero-order valence-corrected chi connectivity index (χ0v) is 8.20. The molecule has 2 unspecified atom stereocenters. The highest BCUT2D eigenvalue weighted by atomic mass is 15.4. The normalized spacial score (nSPS) is 29.1. The maximum atomic E-state index is 3.96. The Morgan fingerprint density at radius 1 is 1.54 bits per heavy atom. The number of rotatable bonds is 1. The molecule has 1 fully saturated rings. The van der Waals surface area contributed by atoms with Crippen molar-refractivity contribution >= 4 is 0 Å². The van der Waals surface area contributed by atoms with Crippen LogP contribution < -0.4 is 5.32 Å². The van der Waals surface area contributed by atoms with E-state index in [2.05, 4.69) is 22.6 Å². The van der Waals surface area contributed by atoms with E-state index in [0.717, 1.165) is 19.0 Å². The van der Waals surface area contributed by atoms with Crippen LogP contribution in [-0.4, -0.2) is 28.1 Å². The molecule has 1 N–H and O–H groups in total. The number of nitrogens with zero attached hydrogens (tertiary/aromatic N) is 3. The summed E-state index contributed by atoms with van der Waals surface area (Å²) >= 11 is 0. The molecule has 4 nitrogen and oxygen atoms in total. The van der Waals surface area contributed by atoms with E-state index in [-0.39, 0.29) is 0 Å². The average Bonchev–Trinajstić information content (AvgIpc) is 2.51. The van der Waals surface area contributed by atoms with Gasteiger partial charge < -0.3 is 5.32 Å². The third-order valence-electron chi connectivity index (χ3n) is 2.74. The van der Waals surface area contributed by atoms with Gasteiger partial charge in [0.1, 0.15) is 0 Å². The first kappa shape index (κ1) is 8.69. The van der Waals surface area contributed by atoms with E-state index in [1.807, 2.05) is 17.9 Å². The Hall–Kier alpha value is -0.900. The summed E-state index contributed by atoms with van der Waals surface area (Å²) in [5.74, 6) is 1.34. The van der Waals surface area contributed by atoms with E-state index in [1.165, 1.54) is 12.1 Å². The number of hydrogen-bond donors (Lipinski definition) is 1. The first-order valence-corrected chi connectivity index (χ1v) is 4.82. The first-order chi connectivity index (χ1) is 6.27. The SMILES string of the molecule is CC1CNCC(c2cnnn2C)C1. The van der Waals surface area contributed by atoms with Crippen LogP contribution >= 0.6 is 0 Å². The van der Waals surface area contributed by atoms with Gasteiger partial charge in [-0.15, -0.1) is 5.10 Å². The van der Waals surface area contributed by atoms with Gasteiger partial charge in [0.05, 0.1) is 11.9 Å². The summed E-state index contributed by atoms with van der Waals surface area (Å²) in [5, 5.41) is 11.3. The Bertz CT molecular complexity index is 281. The van der Waals surface area contributed by atoms with Crippen molar-refractivity contribution in [3.8, 4) is 0 Å². The molecule has 0 radical (unpaired) electrons. The largest absolute Gasteiger partial charge is 0.316 e. The van der Waals surface area contributed by atoms with Crippen molar-refractivity contribution in [2.45, 2.75) is 19.3 Å². The molecular weight excluding hydrogens is 164 g/mol. The van der Waals surface area contributed by atoms with Crippen LogP contribution in [0.4, 0.5) is 0 Å². The van der Waals surface area contributed by atoms with E-state index >= 15 is 0 Å². The van der Waals surface area contributed by atoms with Gasteiger partial charge >= 0.3 is 0 Å². The summed E-state index contributed by atoms with van der Waals surface area (Å²) in [6, 6.07) is 0. The topological polar surface area (TPSA) is 42.7 Å². The van der Waals surface area contributed by atoms with Gasteiger partial charge in [-0.25, -0.2) is 0 Å². The highest BCUT2D eigenvalue weighted by Crippen LogP contribution is 2.24. The number of aromatic nitrogens is 3. The van der Waals surface area contributed by atoms with Crippen molar-refractivity contribution in [2.24, 2.45) is 13.0 Å². The zero-order valence-electron chi connectivity index (χ0n) is 8.20. The summed E-state index contributed by atoms with van der Waals surface area (Å²) in [5.41, 5.74) is 1.25. The fraction of sp³-hybridized carbons (Fsp3) is 0.778.